The van der Waals surface area contributed by atoms with Gasteiger partial charge in [0.1, 0.15) is 0 Å². The second-order valence-corrected chi connectivity index (χ2v) is 8.32. The van der Waals surface area contributed by atoms with Crippen LogP contribution in [0.5, 0.6) is 0 Å². The lowest BCUT2D eigenvalue weighted by molar-refractivity contribution is -0.132. The van der Waals surface area contributed by atoms with Gasteiger partial charge in [-0.1, -0.05) is 6.07 Å². The molecule has 0 bridgehead atoms. The van der Waals surface area contributed by atoms with Gasteiger partial charge in [0.15, 0.2) is 0 Å². The quantitative estimate of drug-likeness (QED) is 0.662. The van der Waals surface area contributed by atoms with Crippen molar-refractivity contribution in [1.29, 1.82) is 0 Å². The van der Waals surface area contributed by atoms with Crippen LogP contribution in [0.25, 0.3) is 0 Å². The van der Waals surface area contributed by atoms with Crippen molar-refractivity contribution in [2.45, 2.75) is 32.2 Å². The molecular weight excluding hydrogens is 382 g/mol. The van der Waals surface area contributed by atoms with Crippen molar-refractivity contribution >= 4 is 40.4 Å². The predicted octanol–water partition coefficient (Wildman–Crippen LogP) is 2.41. The lowest BCUT2D eigenvalue weighted by Crippen LogP contribution is -2.37. The highest BCUT2D eigenvalue weighted by Gasteiger charge is 2.21. The average molecular weight is 406 g/mol. The Balaban J connectivity index is 1.26. The lowest BCUT2D eigenvalue weighted by atomic mass is 10.1. The van der Waals surface area contributed by atoms with Gasteiger partial charge in [0.2, 0.25) is 11.8 Å². The van der Waals surface area contributed by atoms with Crippen molar-refractivity contribution in [2.24, 2.45) is 0 Å². The van der Waals surface area contributed by atoms with Crippen LogP contribution < -0.4 is 10.6 Å². The molecule has 3 amide bonds. The molecule has 8 heteroatoms. The molecule has 144 valence electrons. The number of hydrogen-bond donors (Lipinski definition) is 2. The molecule has 1 aliphatic heterocycles. The first-order valence-electron chi connectivity index (χ1n) is 9.05. The van der Waals surface area contributed by atoms with Crippen molar-refractivity contribution in [2.75, 3.05) is 19.6 Å². The number of thiophene rings is 2. The number of carbonyl (C=O) groups is 3. The zero-order valence-corrected chi connectivity index (χ0v) is 16.7. The maximum absolute atomic E-state index is 12.3. The number of rotatable bonds is 8. The molecule has 2 aromatic heterocycles. The van der Waals surface area contributed by atoms with Gasteiger partial charge in [-0.25, -0.2) is 0 Å². The number of nitrogens with zero attached hydrogens (tertiary/aromatic N) is 1. The molecule has 2 N–H and O–H groups in total. The second kappa shape index (κ2) is 9.66. The molecule has 3 heterocycles. The molecule has 0 atom stereocenters. The van der Waals surface area contributed by atoms with Crippen LogP contribution in [0.15, 0.2) is 29.0 Å². The molecule has 3 rings (SSSR count). The van der Waals surface area contributed by atoms with Crippen molar-refractivity contribution in [3.8, 4) is 0 Å². The number of carbonyl (C=O) groups excluding carboxylic acids is 3. The molecule has 0 aliphatic carbocycles. The summed E-state index contributed by atoms with van der Waals surface area (Å²) in [6.07, 6.45) is 2.15. The fraction of sp³-hybridized carbons (Fsp3) is 0.421. The maximum Gasteiger partial charge on any atom is 0.261 e. The maximum atomic E-state index is 12.3. The molecule has 0 spiro atoms. The molecular formula is C19H23N3O3S2. The number of nitrogens with one attached hydrogen (secondary N) is 2. The fourth-order valence-corrected chi connectivity index (χ4v) is 4.49. The molecule has 27 heavy (non-hydrogen) atoms. The Bertz CT molecular complexity index is 786. The zero-order valence-electron chi connectivity index (χ0n) is 15.0. The van der Waals surface area contributed by atoms with E-state index in [0.717, 1.165) is 13.0 Å². The minimum absolute atomic E-state index is 0.0790. The highest BCUT2D eigenvalue weighted by Crippen LogP contribution is 2.24. The van der Waals surface area contributed by atoms with Gasteiger partial charge in [0.25, 0.3) is 5.91 Å². The lowest BCUT2D eigenvalue weighted by Gasteiger charge is -2.27. The monoisotopic (exact) mass is 405 g/mol. The minimum atomic E-state index is -0.105. The number of amides is 3. The third-order valence-electron chi connectivity index (χ3n) is 4.43. The van der Waals surface area contributed by atoms with E-state index in [-0.39, 0.29) is 17.7 Å². The van der Waals surface area contributed by atoms with E-state index < -0.39 is 0 Å². The Hall–Kier alpha value is -2.19. The first kappa shape index (κ1) is 19.6. The van der Waals surface area contributed by atoms with Crippen LogP contribution in [0, 0.1) is 0 Å². The van der Waals surface area contributed by atoms with Crippen molar-refractivity contribution in [3.05, 3.63) is 44.3 Å². The first-order valence-corrected chi connectivity index (χ1v) is 10.8. The van der Waals surface area contributed by atoms with E-state index in [0.29, 0.717) is 43.8 Å². The molecule has 0 radical (unpaired) electrons. The van der Waals surface area contributed by atoms with E-state index in [9.17, 15) is 14.4 Å². The van der Waals surface area contributed by atoms with E-state index in [1.54, 1.807) is 17.4 Å². The third kappa shape index (κ3) is 5.64. The number of fused-ring (bicyclic) bond motifs is 1. The van der Waals surface area contributed by atoms with Crippen LogP contribution in [-0.4, -0.2) is 42.3 Å². The van der Waals surface area contributed by atoms with Gasteiger partial charge in [-0.15, -0.1) is 22.7 Å². The molecule has 0 unspecified atom stereocenters. The van der Waals surface area contributed by atoms with E-state index in [2.05, 4.69) is 22.1 Å². The summed E-state index contributed by atoms with van der Waals surface area (Å²) in [6, 6.07) is 5.68. The smallest absolute Gasteiger partial charge is 0.261 e. The third-order valence-corrected chi connectivity index (χ3v) is 6.32. The Morgan fingerprint density at radius 1 is 1.04 bits per heavy atom. The van der Waals surface area contributed by atoms with Crippen LogP contribution in [0.3, 0.4) is 0 Å². The number of hydrogen-bond acceptors (Lipinski definition) is 5. The summed E-state index contributed by atoms with van der Waals surface area (Å²) in [6.45, 7) is 2.24. The summed E-state index contributed by atoms with van der Waals surface area (Å²) < 4.78 is 0. The van der Waals surface area contributed by atoms with E-state index in [4.69, 9.17) is 0 Å². The normalized spacial score (nSPS) is 13.1. The summed E-state index contributed by atoms with van der Waals surface area (Å²) in [4.78, 5) is 39.8. The molecule has 1 aliphatic rings. The summed E-state index contributed by atoms with van der Waals surface area (Å²) >= 11 is 3.14. The van der Waals surface area contributed by atoms with E-state index in [1.807, 2.05) is 16.3 Å². The van der Waals surface area contributed by atoms with Gasteiger partial charge in [0, 0.05) is 43.9 Å². The molecule has 0 saturated carbocycles. The van der Waals surface area contributed by atoms with Crippen molar-refractivity contribution < 1.29 is 14.4 Å². The predicted molar refractivity (Wildman–Crippen MR) is 107 cm³/mol. The van der Waals surface area contributed by atoms with Gasteiger partial charge in [-0.2, -0.15) is 0 Å². The minimum Gasteiger partial charge on any atom is -0.356 e. The molecule has 0 saturated heterocycles. The van der Waals surface area contributed by atoms with E-state index in [1.165, 1.54) is 21.8 Å². The summed E-state index contributed by atoms with van der Waals surface area (Å²) in [5.74, 6) is -0.117. The van der Waals surface area contributed by atoms with Crippen LogP contribution in [0.4, 0.5) is 0 Å². The molecule has 0 aromatic carbocycles. The SMILES string of the molecule is O=C(CCCNC(=O)c1cccs1)NCCC(=O)N1CCc2sccc2C1. The Morgan fingerprint density at radius 3 is 2.74 bits per heavy atom. The van der Waals surface area contributed by atoms with Crippen molar-refractivity contribution in [3.63, 3.8) is 0 Å². The topological polar surface area (TPSA) is 78.5 Å². The van der Waals surface area contributed by atoms with Gasteiger partial charge in [-0.3, -0.25) is 14.4 Å². The highest BCUT2D eigenvalue weighted by molar-refractivity contribution is 7.12. The van der Waals surface area contributed by atoms with Gasteiger partial charge < -0.3 is 15.5 Å². The summed E-state index contributed by atoms with van der Waals surface area (Å²) in [5, 5.41) is 9.51. The largest absolute Gasteiger partial charge is 0.356 e. The standard InChI is InChI=1S/C19H23N3O3S2/c23-17(4-1-8-21-19(25)16-3-2-11-26-16)20-9-5-18(24)22-10-6-15-14(13-22)7-12-27-15/h2-3,7,11-12H,1,4-6,8-10,13H2,(H,20,23)(H,21,25). The first-order chi connectivity index (χ1) is 13.1. The van der Waals surface area contributed by atoms with Crippen LogP contribution in [0.1, 0.15) is 39.4 Å². The van der Waals surface area contributed by atoms with E-state index >= 15 is 0 Å². The van der Waals surface area contributed by atoms with Crippen LogP contribution >= 0.6 is 22.7 Å². The van der Waals surface area contributed by atoms with Crippen molar-refractivity contribution in [1.82, 2.24) is 15.5 Å². The van der Waals surface area contributed by atoms with Gasteiger partial charge in [-0.05, 0) is 41.3 Å². The Kier molecular flexibility index (Phi) is 7.00. The Morgan fingerprint density at radius 2 is 1.93 bits per heavy atom. The molecule has 0 fully saturated rings. The van der Waals surface area contributed by atoms with Gasteiger partial charge >= 0.3 is 0 Å². The average Bonchev–Trinajstić information content (AvgIpc) is 3.35. The zero-order chi connectivity index (χ0) is 19.1. The summed E-state index contributed by atoms with van der Waals surface area (Å²) in [5.41, 5.74) is 1.24. The molecule has 2 aromatic rings. The second-order valence-electron chi connectivity index (χ2n) is 6.37. The van der Waals surface area contributed by atoms with Gasteiger partial charge in [0.05, 0.1) is 4.88 Å². The fourth-order valence-electron chi connectivity index (χ4n) is 2.96. The molecule has 6 nitrogen and oxygen atoms in total. The van der Waals surface area contributed by atoms with Crippen LogP contribution in [-0.2, 0) is 22.6 Å². The van der Waals surface area contributed by atoms with Crippen LogP contribution in [0.2, 0.25) is 0 Å². The Labute approximate surface area is 166 Å². The summed E-state index contributed by atoms with van der Waals surface area (Å²) in [7, 11) is 0. The highest BCUT2D eigenvalue weighted by atomic mass is 32.1.